The Hall–Kier alpha value is -3.20. The fraction of sp³-hybridized carbons (Fsp3) is 0.211. The zero-order valence-electron chi connectivity index (χ0n) is 15.8. The fourth-order valence-corrected chi connectivity index (χ4v) is 3.65. The van der Waals surface area contributed by atoms with Gasteiger partial charge in [-0.3, -0.25) is 0 Å². The minimum atomic E-state index is 0.521. The summed E-state index contributed by atoms with van der Waals surface area (Å²) < 4.78 is 14.2. The van der Waals surface area contributed by atoms with Crippen molar-refractivity contribution in [3.8, 4) is 22.9 Å². The molecular weight excluding hydrogens is 376 g/mol. The number of hydrogen-bond acceptors (Lipinski definition) is 7. The van der Waals surface area contributed by atoms with Crippen LogP contribution in [0.3, 0.4) is 0 Å². The minimum absolute atomic E-state index is 0.521. The molecule has 0 aliphatic carbocycles. The summed E-state index contributed by atoms with van der Waals surface area (Å²) >= 11 is 1.48. The van der Waals surface area contributed by atoms with Crippen LogP contribution in [0.25, 0.3) is 17.0 Å². The Morgan fingerprint density at radius 3 is 2.71 bits per heavy atom. The Morgan fingerprint density at radius 2 is 1.93 bits per heavy atom. The van der Waals surface area contributed by atoms with Crippen molar-refractivity contribution in [2.24, 2.45) is 0 Å². The number of thioether (sulfide) groups is 1. The number of nitrogen functional groups attached to an aromatic ring is 1. The predicted octanol–water partition coefficient (Wildman–Crippen LogP) is 2.92. The number of methoxy groups -OCH3 is 2. The van der Waals surface area contributed by atoms with Crippen LogP contribution < -0.4 is 15.3 Å². The molecule has 0 saturated carbocycles. The van der Waals surface area contributed by atoms with Crippen LogP contribution in [0, 0.1) is 6.92 Å². The van der Waals surface area contributed by atoms with Crippen molar-refractivity contribution in [2.75, 3.05) is 20.1 Å². The van der Waals surface area contributed by atoms with Gasteiger partial charge in [0.15, 0.2) is 5.82 Å². The van der Waals surface area contributed by atoms with E-state index < -0.39 is 0 Å². The monoisotopic (exact) mass is 396 g/mol. The Kier molecular flexibility index (Phi) is 4.82. The first-order chi connectivity index (χ1) is 13.6. The van der Waals surface area contributed by atoms with Gasteiger partial charge in [-0.15, -0.1) is 10.2 Å². The van der Waals surface area contributed by atoms with Gasteiger partial charge in [-0.25, -0.2) is 9.66 Å². The van der Waals surface area contributed by atoms with Crippen molar-refractivity contribution in [2.45, 2.75) is 17.8 Å². The third kappa shape index (κ3) is 3.36. The van der Waals surface area contributed by atoms with Crippen LogP contribution in [0.1, 0.15) is 11.3 Å². The highest BCUT2D eigenvalue weighted by Gasteiger charge is 2.17. The molecule has 0 atom stereocenters. The number of benzene rings is 1. The summed E-state index contributed by atoms with van der Waals surface area (Å²) in [5, 5.41) is 9.06. The summed E-state index contributed by atoms with van der Waals surface area (Å²) in [7, 11) is 3.20. The van der Waals surface area contributed by atoms with Crippen LogP contribution in [0.15, 0.2) is 47.9 Å². The van der Waals surface area contributed by atoms with E-state index in [0.717, 1.165) is 16.9 Å². The summed E-state index contributed by atoms with van der Waals surface area (Å²) in [5.74, 6) is 8.71. The molecule has 144 valence electrons. The maximum Gasteiger partial charge on any atom is 0.210 e. The summed E-state index contributed by atoms with van der Waals surface area (Å²) in [6.45, 7) is 2.06. The van der Waals surface area contributed by atoms with Crippen LogP contribution in [-0.4, -0.2) is 38.5 Å². The predicted molar refractivity (Wildman–Crippen MR) is 108 cm³/mol. The van der Waals surface area contributed by atoms with E-state index >= 15 is 0 Å². The van der Waals surface area contributed by atoms with Gasteiger partial charge in [-0.1, -0.05) is 17.8 Å². The molecule has 0 radical (unpaired) electrons. The second kappa shape index (κ2) is 7.43. The van der Waals surface area contributed by atoms with E-state index in [2.05, 4.69) is 28.3 Å². The molecule has 0 amide bonds. The zero-order chi connectivity index (χ0) is 19.7. The lowest BCUT2D eigenvalue weighted by Gasteiger charge is -2.10. The van der Waals surface area contributed by atoms with Crippen LogP contribution in [0.4, 0.5) is 0 Å². The highest BCUT2D eigenvalue weighted by molar-refractivity contribution is 7.98. The SMILES string of the molecule is COc1ccc(-c2nnc(SCc3cn4cc(C)ccc4n3)n2N)c(OC)c1. The van der Waals surface area contributed by atoms with E-state index in [1.165, 1.54) is 22.0 Å². The molecule has 4 aromatic rings. The van der Waals surface area contributed by atoms with Gasteiger partial charge >= 0.3 is 0 Å². The Bertz CT molecular complexity index is 1140. The van der Waals surface area contributed by atoms with Crippen molar-refractivity contribution in [1.29, 1.82) is 0 Å². The summed E-state index contributed by atoms with van der Waals surface area (Å²) in [6, 6.07) is 9.52. The highest BCUT2D eigenvalue weighted by atomic mass is 32.2. The molecule has 28 heavy (non-hydrogen) atoms. The number of aromatic nitrogens is 5. The molecule has 0 aliphatic rings. The smallest absolute Gasteiger partial charge is 0.210 e. The average Bonchev–Trinajstić information content (AvgIpc) is 3.28. The molecule has 3 heterocycles. The number of ether oxygens (including phenoxy) is 2. The summed E-state index contributed by atoms with van der Waals surface area (Å²) in [6.07, 6.45) is 4.07. The lowest BCUT2D eigenvalue weighted by Crippen LogP contribution is -2.12. The molecule has 0 fully saturated rings. The van der Waals surface area contributed by atoms with Crippen molar-refractivity contribution < 1.29 is 9.47 Å². The van der Waals surface area contributed by atoms with E-state index in [9.17, 15) is 0 Å². The van der Waals surface area contributed by atoms with Crippen molar-refractivity contribution in [3.63, 3.8) is 0 Å². The number of nitrogens with zero attached hydrogens (tertiary/aromatic N) is 5. The maximum atomic E-state index is 6.25. The molecule has 9 heteroatoms. The second-order valence-electron chi connectivity index (χ2n) is 6.24. The minimum Gasteiger partial charge on any atom is -0.497 e. The van der Waals surface area contributed by atoms with Crippen molar-refractivity contribution in [1.82, 2.24) is 24.3 Å². The van der Waals surface area contributed by atoms with Gasteiger partial charge in [0.05, 0.1) is 25.5 Å². The zero-order valence-corrected chi connectivity index (χ0v) is 16.6. The molecule has 2 N–H and O–H groups in total. The van der Waals surface area contributed by atoms with E-state index in [1.807, 2.05) is 34.9 Å². The van der Waals surface area contributed by atoms with Gasteiger partial charge in [-0.2, -0.15) is 0 Å². The molecule has 0 aliphatic heterocycles. The van der Waals surface area contributed by atoms with Crippen molar-refractivity contribution >= 4 is 17.4 Å². The normalized spacial score (nSPS) is 11.1. The standard InChI is InChI=1S/C19H20N6O2S/c1-12-4-7-17-21-13(10-24(17)9-12)11-28-19-23-22-18(25(19)20)15-6-5-14(26-2)8-16(15)27-3/h4-10H,11,20H2,1-3H3. The third-order valence-electron chi connectivity index (χ3n) is 4.31. The molecule has 3 aromatic heterocycles. The van der Waals surface area contributed by atoms with Crippen molar-refractivity contribution in [3.05, 3.63) is 54.0 Å². The maximum absolute atomic E-state index is 6.25. The van der Waals surface area contributed by atoms with Crippen LogP contribution in [0.2, 0.25) is 0 Å². The average molecular weight is 396 g/mol. The first-order valence-corrected chi connectivity index (χ1v) is 9.57. The quantitative estimate of drug-likeness (QED) is 0.396. The topological polar surface area (TPSA) is 92.5 Å². The lowest BCUT2D eigenvalue weighted by atomic mass is 10.2. The first-order valence-electron chi connectivity index (χ1n) is 8.59. The summed E-state index contributed by atoms with van der Waals surface area (Å²) in [4.78, 5) is 4.62. The van der Waals surface area contributed by atoms with Gasteiger partial charge in [0.1, 0.15) is 17.1 Å². The van der Waals surface area contributed by atoms with Gasteiger partial charge in [-0.05, 0) is 30.7 Å². The van der Waals surface area contributed by atoms with Crippen LogP contribution >= 0.6 is 11.8 Å². The van der Waals surface area contributed by atoms with E-state index in [0.29, 0.717) is 28.2 Å². The number of hydrogen-bond donors (Lipinski definition) is 1. The Morgan fingerprint density at radius 1 is 1.07 bits per heavy atom. The first kappa shape index (κ1) is 18.2. The number of nitrogens with two attached hydrogens (primary N) is 1. The second-order valence-corrected chi connectivity index (χ2v) is 7.18. The van der Waals surface area contributed by atoms with E-state index in [-0.39, 0.29) is 0 Å². The lowest BCUT2D eigenvalue weighted by molar-refractivity contribution is 0.395. The number of pyridine rings is 1. The number of rotatable bonds is 6. The summed E-state index contributed by atoms with van der Waals surface area (Å²) in [5.41, 5.74) is 3.79. The molecule has 0 bridgehead atoms. The van der Waals surface area contributed by atoms with E-state index in [4.69, 9.17) is 15.3 Å². The Labute approximate surface area is 166 Å². The molecule has 4 rings (SSSR count). The third-order valence-corrected chi connectivity index (χ3v) is 5.29. The van der Waals surface area contributed by atoms with Gasteiger partial charge < -0.3 is 19.7 Å². The van der Waals surface area contributed by atoms with Gasteiger partial charge in [0.2, 0.25) is 5.16 Å². The van der Waals surface area contributed by atoms with Gasteiger partial charge in [0.25, 0.3) is 0 Å². The molecule has 0 spiro atoms. The Balaban J connectivity index is 1.56. The molecule has 1 aromatic carbocycles. The largest absolute Gasteiger partial charge is 0.497 e. The number of aryl methyl sites for hydroxylation is 1. The van der Waals surface area contributed by atoms with E-state index in [1.54, 1.807) is 20.3 Å². The highest BCUT2D eigenvalue weighted by Crippen LogP contribution is 2.33. The molecular formula is C19H20N6O2S. The van der Waals surface area contributed by atoms with Crippen LogP contribution in [0.5, 0.6) is 11.5 Å². The number of fused-ring (bicyclic) bond motifs is 1. The number of imidazole rings is 1. The van der Waals surface area contributed by atoms with Crippen LogP contribution in [-0.2, 0) is 5.75 Å². The van der Waals surface area contributed by atoms with Gasteiger partial charge in [0, 0.05) is 24.2 Å². The fourth-order valence-electron chi connectivity index (χ4n) is 2.91. The molecule has 8 nitrogen and oxygen atoms in total. The molecule has 0 unspecified atom stereocenters. The molecule has 0 saturated heterocycles.